The Bertz CT molecular complexity index is 1210. The number of thiophene rings is 1. The molecule has 33 heavy (non-hydrogen) atoms. The van der Waals surface area contributed by atoms with Crippen molar-refractivity contribution in [2.24, 2.45) is 5.16 Å². The van der Waals surface area contributed by atoms with Crippen molar-refractivity contribution < 1.29 is 22.8 Å². The zero-order chi connectivity index (χ0) is 23.8. The summed E-state index contributed by atoms with van der Waals surface area (Å²) < 4.78 is 42.5. The summed E-state index contributed by atoms with van der Waals surface area (Å²) in [7, 11) is 0. The molecule has 10 heteroatoms. The van der Waals surface area contributed by atoms with E-state index < -0.39 is 18.2 Å². The number of hydrogen-bond donors (Lipinski definition) is 1. The van der Waals surface area contributed by atoms with Gasteiger partial charge in [0.2, 0.25) is 0 Å². The molecule has 0 saturated carbocycles. The molecule has 4 nitrogen and oxygen atoms in total. The van der Waals surface area contributed by atoms with Gasteiger partial charge in [0.05, 0.1) is 12.3 Å². The van der Waals surface area contributed by atoms with Crippen molar-refractivity contribution >= 4 is 46.2 Å². The standard InChI is InChI=1S/C23H17Cl2F3N2O2S/c1-13-7-14(4-5-19(13)21(31)29-12-18-3-2-6-33-18)20-11-22(32-30-20,23(26,27)28)15-8-16(24)10-17(25)9-15/h2-10H,11-12H2,1H3,(H,29,31). The number of nitrogens with one attached hydrogen (secondary N) is 1. The fraction of sp³-hybridized carbons (Fsp3) is 0.217. The van der Waals surface area contributed by atoms with Crippen molar-refractivity contribution in [3.05, 3.63) is 91.1 Å². The first-order chi connectivity index (χ1) is 15.6. The Kier molecular flexibility index (Phi) is 6.44. The van der Waals surface area contributed by atoms with Crippen LogP contribution < -0.4 is 5.32 Å². The second-order valence-electron chi connectivity index (χ2n) is 7.58. The number of hydrogen-bond acceptors (Lipinski definition) is 4. The Balaban J connectivity index is 1.57. The summed E-state index contributed by atoms with van der Waals surface area (Å²) in [6.07, 6.45) is -5.33. The van der Waals surface area contributed by atoms with Crippen molar-refractivity contribution in [1.82, 2.24) is 5.32 Å². The van der Waals surface area contributed by atoms with Gasteiger partial charge in [-0.3, -0.25) is 4.79 Å². The van der Waals surface area contributed by atoms with Crippen LogP contribution in [-0.4, -0.2) is 17.8 Å². The molecule has 3 aromatic rings. The van der Waals surface area contributed by atoms with E-state index in [4.69, 9.17) is 28.0 Å². The molecule has 2 aromatic carbocycles. The molecule has 1 aliphatic heterocycles. The molecule has 1 amide bonds. The quantitative estimate of drug-likeness (QED) is 0.405. The van der Waals surface area contributed by atoms with Crippen LogP contribution in [0.5, 0.6) is 0 Å². The number of carbonyl (C=O) groups is 1. The molecule has 0 saturated heterocycles. The SMILES string of the molecule is Cc1cc(C2=NOC(c3cc(Cl)cc(Cl)c3)(C(F)(F)F)C2)ccc1C(=O)NCc1cccs1. The van der Waals surface area contributed by atoms with Crippen molar-refractivity contribution in [1.29, 1.82) is 0 Å². The number of benzene rings is 2. The van der Waals surface area contributed by atoms with Gasteiger partial charge in [0.25, 0.3) is 11.5 Å². The highest BCUT2D eigenvalue weighted by Crippen LogP contribution is 2.49. The van der Waals surface area contributed by atoms with Crippen LogP contribution in [-0.2, 0) is 17.0 Å². The third kappa shape index (κ3) is 4.74. The summed E-state index contributed by atoms with van der Waals surface area (Å²) in [6, 6.07) is 12.3. The summed E-state index contributed by atoms with van der Waals surface area (Å²) in [5.41, 5.74) is -1.36. The van der Waals surface area contributed by atoms with Crippen LogP contribution in [0.4, 0.5) is 13.2 Å². The molecule has 4 rings (SSSR count). The molecular weight excluding hydrogens is 496 g/mol. The maximum atomic E-state index is 14.2. The molecule has 1 N–H and O–H groups in total. The molecule has 0 bridgehead atoms. The molecule has 0 radical (unpaired) electrons. The minimum atomic E-state index is -4.77. The lowest BCUT2D eigenvalue weighted by Crippen LogP contribution is -2.42. The number of alkyl halides is 3. The minimum Gasteiger partial charge on any atom is -0.374 e. The molecule has 0 fully saturated rings. The molecule has 1 unspecified atom stereocenters. The molecule has 1 aromatic heterocycles. The van der Waals surface area contributed by atoms with Crippen LogP contribution in [0.1, 0.15) is 38.3 Å². The predicted molar refractivity (Wildman–Crippen MR) is 123 cm³/mol. The number of nitrogens with zero attached hydrogens (tertiary/aromatic N) is 1. The van der Waals surface area contributed by atoms with Crippen molar-refractivity contribution in [3.8, 4) is 0 Å². The highest BCUT2D eigenvalue weighted by Gasteiger charge is 2.62. The third-order valence-corrected chi connectivity index (χ3v) is 6.64. The number of oxime groups is 1. The van der Waals surface area contributed by atoms with Gasteiger partial charge in [-0.25, -0.2) is 0 Å². The summed E-state index contributed by atoms with van der Waals surface area (Å²) in [4.78, 5) is 18.6. The van der Waals surface area contributed by atoms with Crippen molar-refractivity contribution in [2.75, 3.05) is 0 Å². The van der Waals surface area contributed by atoms with Gasteiger partial charge < -0.3 is 10.2 Å². The van der Waals surface area contributed by atoms with Gasteiger partial charge in [-0.2, -0.15) is 13.2 Å². The van der Waals surface area contributed by atoms with E-state index in [-0.39, 0.29) is 27.2 Å². The average molecular weight is 513 g/mol. The first-order valence-corrected chi connectivity index (χ1v) is 11.4. The summed E-state index contributed by atoms with van der Waals surface area (Å²) in [5.74, 6) is -0.268. The smallest absolute Gasteiger partial charge is 0.374 e. The fourth-order valence-corrected chi connectivity index (χ4v) is 4.79. The zero-order valence-electron chi connectivity index (χ0n) is 17.2. The van der Waals surface area contributed by atoms with E-state index in [1.54, 1.807) is 25.1 Å². The van der Waals surface area contributed by atoms with Crippen LogP contribution in [0.3, 0.4) is 0 Å². The highest BCUT2D eigenvalue weighted by molar-refractivity contribution is 7.09. The Labute approximate surface area is 202 Å². The van der Waals surface area contributed by atoms with Gasteiger partial charge >= 0.3 is 6.18 Å². The van der Waals surface area contributed by atoms with Crippen molar-refractivity contribution in [2.45, 2.75) is 31.7 Å². The Morgan fingerprint density at radius 1 is 1.18 bits per heavy atom. The predicted octanol–water partition coefficient (Wildman–Crippen LogP) is 6.88. The monoisotopic (exact) mass is 512 g/mol. The molecule has 2 heterocycles. The molecule has 0 aliphatic carbocycles. The number of rotatable bonds is 5. The zero-order valence-corrected chi connectivity index (χ0v) is 19.5. The normalized spacial score (nSPS) is 18.1. The Morgan fingerprint density at radius 3 is 2.52 bits per heavy atom. The lowest BCUT2D eigenvalue weighted by Gasteiger charge is -2.29. The maximum absolute atomic E-state index is 14.2. The first kappa shape index (κ1) is 23.6. The largest absolute Gasteiger partial charge is 0.435 e. The Morgan fingerprint density at radius 2 is 1.91 bits per heavy atom. The lowest BCUT2D eigenvalue weighted by molar-refractivity contribution is -0.275. The van der Waals surface area contributed by atoms with Crippen LogP contribution in [0, 0.1) is 6.92 Å². The minimum absolute atomic E-state index is 0.0620. The molecular formula is C23H17Cl2F3N2O2S. The average Bonchev–Trinajstić information content (AvgIpc) is 3.41. The summed E-state index contributed by atoms with van der Waals surface area (Å²) >= 11 is 13.4. The number of amides is 1. The Hall–Kier alpha value is -2.55. The second-order valence-corrected chi connectivity index (χ2v) is 9.49. The van der Waals surface area contributed by atoms with E-state index in [0.29, 0.717) is 23.2 Å². The highest BCUT2D eigenvalue weighted by atomic mass is 35.5. The number of carbonyl (C=O) groups excluding carboxylic acids is 1. The van der Waals surface area contributed by atoms with E-state index in [9.17, 15) is 18.0 Å². The summed E-state index contributed by atoms with van der Waals surface area (Å²) in [5, 5.41) is 8.64. The number of aryl methyl sites for hydroxylation is 1. The van der Waals surface area contributed by atoms with Crippen molar-refractivity contribution in [3.63, 3.8) is 0 Å². The first-order valence-electron chi connectivity index (χ1n) is 9.79. The molecule has 1 aliphatic rings. The van der Waals surface area contributed by atoms with E-state index in [2.05, 4.69) is 10.5 Å². The van der Waals surface area contributed by atoms with Gasteiger partial charge in [0, 0.05) is 32.5 Å². The molecule has 1 atom stereocenters. The van der Waals surface area contributed by atoms with Gasteiger partial charge in [-0.05, 0) is 59.8 Å². The van der Waals surface area contributed by atoms with Gasteiger partial charge in [-0.1, -0.05) is 40.5 Å². The lowest BCUT2D eigenvalue weighted by atomic mass is 9.86. The molecule has 0 spiro atoms. The van der Waals surface area contributed by atoms with E-state index in [1.165, 1.54) is 29.5 Å². The fourth-order valence-electron chi connectivity index (χ4n) is 3.62. The van der Waals surface area contributed by atoms with Crippen LogP contribution in [0.25, 0.3) is 0 Å². The van der Waals surface area contributed by atoms with Gasteiger partial charge in [0.1, 0.15) is 0 Å². The van der Waals surface area contributed by atoms with Crippen LogP contribution >= 0.6 is 34.5 Å². The van der Waals surface area contributed by atoms with Crippen LogP contribution in [0.2, 0.25) is 10.0 Å². The maximum Gasteiger partial charge on any atom is 0.435 e. The van der Waals surface area contributed by atoms with Gasteiger partial charge in [0.15, 0.2) is 0 Å². The van der Waals surface area contributed by atoms with E-state index in [1.807, 2.05) is 17.5 Å². The van der Waals surface area contributed by atoms with E-state index in [0.717, 1.165) is 4.88 Å². The second kappa shape index (κ2) is 9.00. The van der Waals surface area contributed by atoms with Crippen LogP contribution in [0.15, 0.2) is 59.1 Å². The van der Waals surface area contributed by atoms with E-state index >= 15 is 0 Å². The summed E-state index contributed by atoms with van der Waals surface area (Å²) in [6.45, 7) is 2.11. The number of halogens is 5. The topological polar surface area (TPSA) is 50.7 Å². The third-order valence-electron chi connectivity index (χ3n) is 5.32. The van der Waals surface area contributed by atoms with Gasteiger partial charge in [-0.15, -0.1) is 11.3 Å². The molecule has 172 valence electrons.